The van der Waals surface area contributed by atoms with Crippen LogP contribution in [-0.4, -0.2) is 31.1 Å². The molecule has 0 spiro atoms. The fourth-order valence-electron chi connectivity index (χ4n) is 2.80. The topological polar surface area (TPSA) is 55.6 Å². The van der Waals surface area contributed by atoms with Gasteiger partial charge in [-0.1, -0.05) is 18.2 Å². The minimum absolute atomic E-state index is 0.0619. The first-order valence-corrected chi connectivity index (χ1v) is 7.22. The number of ether oxygens (including phenoxy) is 1. The molecule has 4 nitrogen and oxygen atoms in total. The minimum atomic E-state index is -0.0619. The minimum Gasteiger partial charge on any atom is -0.469 e. The van der Waals surface area contributed by atoms with E-state index in [1.807, 2.05) is 0 Å². The van der Waals surface area contributed by atoms with Crippen molar-refractivity contribution in [2.75, 3.05) is 20.2 Å². The van der Waals surface area contributed by atoms with E-state index in [0.717, 1.165) is 32.5 Å². The number of likely N-dealkylation sites (tertiary alicyclic amines) is 1. The lowest BCUT2D eigenvalue weighted by atomic mass is 9.96. The van der Waals surface area contributed by atoms with Crippen LogP contribution in [0.15, 0.2) is 18.2 Å². The van der Waals surface area contributed by atoms with Crippen LogP contribution in [-0.2, 0) is 22.6 Å². The molecule has 1 saturated heterocycles. The molecule has 0 bridgehead atoms. The highest BCUT2D eigenvalue weighted by Gasteiger charge is 2.25. The normalized spacial score (nSPS) is 17.1. The lowest BCUT2D eigenvalue weighted by molar-refractivity contribution is -0.147. The molecule has 0 unspecified atom stereocenters. The molecule has 1 fully saturated rings. The third-order valence-corrected chi connectivity index (χ3v) is 4.16. The molecule has 0 radical (unpaired) electrons. The lowest BCUT2D eigenvalue weighted by Crippen LogP contribution is -2.36. The zero-order valence-corrected chi connectivity index (χ0v) is 12.4. The van der Waals surface area contributed by atoms with Crippen LogP contribution in [0.1, 0.15) is 29.5 Å². The van der Waals surface area contributed by atoms with E-state index in [0.29, 0.717) is 6.54 Å². The molecule has 20 heavy (non-hydrogen) atoms. The first-order chi connectivity index (χ1) is 9.63. The summed E-state index contributed by atoms with van der Waals surface area (Å²) in [5, 5.41) is 0. The monoisotopic (exact) mass is 276 g/mol. The van der Waals surface area contributed by atoms with Gasteiger partial charge in [-0.3, -0.25) is 9.69 Å². The van der Waals surface area contributed by atoms with Crippen molar-refractivity contribution < 1.29 is 9.53 Å². The maximum Gasteiger partial charge on any atom is 0.308 e. The molecule has 0 aromatic heterocycles. The van der Waals surface area contributed by atoms with Crippen LogP contribution >= 0.6 is 0 Å². The number of methoxy groups -OCH3 is 1. The summed E-state index contributed by atoms with van der Waals surface area (Å²) in [6, 6.07) is 6.43. The molecule has 1 aliphatic rings. The molecule has 2 N–H and O–H groups in total. The molecule has 0 saturated carbocycles. The molecule has 1 aromatic rings. The van der Waals surface area contributed by atoms with E-state index in [-0.39, 0.29) is 11.9 Å². The van der Waals surface area contributed by atoms with Gasteiger partial charge in [0.1, 0.15) is 0 Å². The summed E-state index contributed by atoms with van der Waals surface area (Å²) in [5.41, 5.74) is 9.47. The summed E-state index contributed by atoms with van der Waals surface area (Å²) in [6.45, 7) is 5.58. The molecule has 4 heteroatoms. The number of nitrogens with zero attached hydrogens (tertiary/aromatic N) is 1. The van der Waals surface area contributed by atoms with Crippen molar-refractivity contribution >= 4 is 5.97 Å². The van der Waals surface area contributed by atoms with Gasteiger partial charge in [0.15, 0.2) is 0 Å². The average Bonchev–Trinajstić information content (AvgIpc) is 2.49. The summed E-state index contributed by atoms with van der Waals surface area (Å²) in [6.07, 6.45) is 1.79. The molecule has 2 rings (SSSR count). The number of hydrogen-bond acceptors (Lipinski definition) is 4. The zero-order valence-electron chi connectivity index (χ0n) is 12.4. The molecule has 1 aliphatic heterocycles. The van der Waals surface area contributed by atoms with Crippen molar-refractivity contribution in [3.05, 3.63) is 34.9 Å². The van der Waals surface area contributed by atoms with E-state index in [1.54, 1.807) is 0 Å². The SMILES string of the molecule is COC(=O)C1CCN(Cc2ccc(CN)cc2C)CC1. The van der Waals surface area contributed by atoms with Crippen molar-refractivity contribution in [1.29, 1.82) is 0 Å². The number of aryl methyl sites for hydroxylation is 1. The Balaban J connectivity index is 1.91. The van der Waals surface area contributed by atoms with Gasteiger partial charge in [-0.05, 0) is 49.5 Å². The van der Waals surface area contributed by atoms with Gasteiger partial charge in [0, 0.05) is 13.1 Å². The van der Waals surface area contributed by atoms with Crippen LogP contribution in [0.3, 0.4) is 0 Å². The Morgan fingerprint density at radius 3 is 2.65 bits per heavy atom. The smallest absolute Gasteiger partial charge is 0.308 e. The molecule has 0 amide bonds. The third kappa shape index (κ3) is 3.58. The summed E-state index contributed by atoms with van der Waals surface area (Å²) in [7, 11) is 1.47. The van der Waals surface area contributed by atoms with Gasteiger partial charge >= 0.3 is 5.97 Å². The fourth-order valence-corrected chi connectivity index (χ4v) is 2.80. The van der Waals surface area contributed by atoms with Crippen LogP contribution in [0.2, 0.25) is 0 Å². The Morgan fingerprint density at radius 2 is 2.10 bits per heavy atom. The number of carbonyl (C=O) groups is 1. The number of benzene rings is 1. The maximum atomic E-state index is 11.5. The largest absolute Gasteiger partial charge is 0.469 e. The van der Waals surface area contributed by atoms with Crippen molar-refractivity contribution in [3.8, 4) is 0 Å². The van der Waals surface area contributed by atoms with Gasteiger partial charge in [0.2, 0.25) is 0 Å². The van der Waals surface area contributed by atoms with Crippen LogP contribution in [0.5, 0.6) is 0 Å². The molecular weight excluding hydrogens is 252 g/mol. The van der Waals surface area contributed by atoms with Crippen LogP contribution < -0.4 is 5.73 Å². The Bertz CT molecular complexity index is 466. The number of hydrogen-bond donors (Lipinski definition) is 1. The molecule has 1 aromatic carbocycles. The van der Waals surface area contributed by atoms with Gasteiger partial charge in [-0.25, -0.2) is 0 Å². The highest BCUT2D eigenvalue weighted by Crippen LogP contribution is 2.21. The number of carbonyl (C=O) groups excluding carboxylic acids is 1. The van der Waals surface area contributed by atoms with Gasteiger partial charge in [-0.15, -0.1) is 0 Å². The van der Waals surface area contributed by atoms with Gasteiger partial charge in [-0.2, -0.15) is 0 Å². The Morgan fingerprint density at radius 1 is 1.40 bits per heavy atom. The second-order valence-corrected chi connectivity index (χ2v) is 5.54. The summed E-state index contributed by atoms with van der Waals surface area (Å²) in [4.78, 5) is 13.9. The average molecular weight is 276 g/mol. The number of piperidine rings is 1. The number of rotatable bonds is 4. The summed E-state index contributed by atoms with van der Waals surface area (Å²) >= 11 is 0. The van der Waals surface area contributed by atoms with Crippen molar-refractivity contribution in [2.24, 2.45) is 11.7 Å². The first kappa shape index (κ1) is 15.0. The van der Waals surface area contributed by atoms with E-state index in [9.17, 15) is 4.79 Å². The second kappa shape index (κ2) is 6.86. The Hall–Kier alpha value is -1.39. The number of esters is 1. The van der Waals surface area contributed by atoms with Crippen molar-refractivity contribution in [2.45, 2.75) is 32.9 Å². The standard InChI is InChI=1S/C16H24N2O2/c1-12-9-13(10-17)3-4-15(12)11-18-7-5-14(6-8-18)16(19)20-2/h3-4,9,14H,5-8,10-11,17H2,1-2H3. The predicted octanol–water partition coefficient (Wildman–Crippen LogP) is 1.84. The number of nitrogens with two attached hydrogens (primary N) is 1. The van der Waals surface area contributed by atoms with E-state index in [2.05, 4.69) is 30.0 Å². The quantitative estimate of drug-likeness (QED) is 0.853. The highest BCUT2D eigenvalue weighted by molar-refractivity contribution is 5.72. The van der Waals surface area contributed by atoms with Crippen LogP contribution in [0.25, 0.3) is 0 Å². The second-order valence-electron chi connectivity index (χ2n) is 5.54. The third-order valence-electron chi connectivity index (χ3n) is 4.16. The molecule has 1 heterocycles. The van der Waals surface area contributed by atoms with Crippen molar-refractivity contribution in [3.63, 3.8) is 0 Å². The van der Waals surface area contributed by atoms with Crippen LogP contribution in [0.4, 0.5) is 0 Å². The fraction of sp³-hybridized carbons (Fsp3) is 0.562. The first-order valence-electron chi connectivity index (χ1n) is 7.22. The predicted molar refractivity (Wildman–Crippen MR) is 79.1 cm³/mol. The maximum absolute atomic E-state index is 11.5. The molecule has 0 atom stereocenters. The zero-order chi connectivity index (χ0) is 14.5. The van der Waals surface area contributed by atoms with Gasteiger partial charge in [0.25, 0.3) is 0 Å². The Labute approximate surface area is 120 Å². The van der Waals surface area contributed by atoms with Gasteiger partial charge < -0.3 is 10.5 Å². The Kier molecular flexibility index (Phi) is 5.15. The molecule has 0 aliphatic carbocycles. The van der Waals surface area contributed by atoms with E-state index in [4.69, 9.17) is 10.5 Å². The van der Waals surface area contributed by atoms with E-state index in [1.165, 1.54) is 23.8 Å². The van der Waals surface area contributed by atoms with E-state index < -0.39 is 0 Å². The van der Waals surface area contributed by atoms with Crippen molar-refractivity contribution in [1.82, 2.24) is 4.90 Å². The summed E-state index contributed by atoms with van der Waals surface area (Å²) < 4.78 is 4.82. The van der Waals surface area contributed by atoms with E-state index >= 15 is 0 Å². The van der Waals surface area contributed by atoms with Gasteiger partial charge in [0.05, 0.1) is 13.0 Å². The highest BCUT2D eigenvalue weighted by atomic mass is 16.5. The van der Waals surface area contributed by atoms with Crippen LogP contribution in [0, 0.1) is 12.8 Å². The molecular formula is C16H24N2O2. The molecule has 110 valence electrons. The summed E-state index contributed by atoms with van der Waals surface area (Å²) in [5.74, 6) is 0.0186. The lowest BCUT2D eigenvalue weighted by Gasteiger charge is -2.31.